The summed E-state index contributed by atoms with van der Waals surface area (Å²) in [6, 6.07) is 3.36. The summed E-state index contributed by atoms with van der Waals surface area (Å²) in [4.78, 5) is 0. The fourth-order valence-corrected chi connectivity index (χ4v) is 2.96. The highest BCUT2D eigenvalue weighted by molar-refractivity contribution is 5.19. The van der Waals surface area contributed by atoms with Crippen LogP contribution in [0, 0.1) is 11.6 Å². The van der Waals surface area contributed by atoms with E-state index in [-0.39, 0.29) is 6.42 Å². The Labute approximate surface area is 112 Å². The average molecular weight is 270 g/mol. The lowest BCUT2D eigenvalue weighted by atomic mass is 9.78. The minimum absolute atomic E-state index is 0.211. The number of hydrogen-bond acceptors (Lipinski definition) is 2. The van der Waals surface area contributed by atoms with Crippen molar-refractivity contribution in [2.24, 2.45) is 0 Å². The maximum absolute atomic E-state index is 13.1. The second kappa shape index (κ2) is 5.97. The van der Waals surface area contributed by atoms with Gasteiger partial charge in [0.05, 0.1) is 11.7 Å². The highest BCUT2D eigenvalue weighted by atomic mass is 19.1. The number of aliphatic hydroxyl groups is 1. The fourth-order valence-electron chi connectivity index (χ4n) is 2.96. The van der Waals surface area contributed by atoms with Crippen molar-refractivity contribution in [3.05, 3.63) is 35.4 Å². The largest absolute Gasteiger partial charge is 0.390 e. The fraction of sp³-hybridized carbons (Fsp3) is 0.600. The number of halogens is 2. The minimum atomic E-state index is -0.737. The normalized spacial score (nSPS) is 20.2. The second-order valence-corrected chi connectivity index (χ2v) is 5.33. The first-order valence-electron chi connectivity index (χ1n) is 6.74. The molecule has 0 spiro atoms. The Morgan fingerprint density at radius 2 is 1.74 bits per heavy atom. The molecule has 106 valence electrons. The summed E-state index contributed by atoms with van der Waals surface area (Å²) in [5.74, 6) is -1.23. The van der Waals surface area contributed by atoms with Crippen molar-refractivity contribution in [3.63, 3.8) is 0 Å². The molecular weight excluding hydrogens is 250 g/mol. The van der Waals surface area contributed by atoms with Gasteiger partial charge in [0.2, 0.25) is 0 Å². The summed E-state index contributed by atoms with van der Waals surface area (Å²) in [6.07, 6.45) is 4.24. The van der Waals surface area contributed by atoms with Crippen LogP contribution in [0.15, 0.2) is 18.2 Å². The molecule has 0 aromatic heterocycles. The maximum atomic E-state index is 13.1. The first-order chi connectivity index (χ1) is 9.05. The highest BCUT2D eigenvalue weighted by Gasteiger charge is 2.39. The van der Waals surface area contributed by atoms with E-state index in [1.54, 1.807) is 7.11 Å². The molecule has 4 heteroatoms. The van der Waals surface area contributed by atoms with Gasteiger partial charge in [-0.25, -0.2) is 8.78 Å². The predicted octanol–water partition coefficient (Wildman–Crippen LogP) is 3.22. The monoisotopic (exact) mass is 270 g/mol. The maximum Gasteiger partial charge on any atom is 0.126 e. The quantitative estimate of drug-likeness (QED) is 0.910. The van der Waals surface area contributed by atoms with Gasteiger partial charge in [0, 0.05) is 19.6 Å². The van der Waals surface area contributed by atoms with Gasteiger partial charge < -0.3 is 9.84 Å². The molecule has 19 heavy (non-hydrogen) atoms. The summed E-state index contributed by atoms with van der Waals surface area (Å²) >= 11 is 0. The molecule has 1 N–H and O–H groups in total. The molecule has 1 aromatic rings. The van der Waals surface area contributed by atoms with E-state index >= 15 is 0 Å². The topological polar surface area (TPSA) is 29.5 Å². The van der Waals surface area contributed by atoms with Gasteiger partial charge in [-0.3, -0.25) is 0 Å². The molecule has 1 atom stereocenters. The van der Waals surface area contributed by atoms with E-state index in [2.05, 4.69) is 0 Å². The van der Waals surface area contributed by atoms with Crippen LogP contribution in [0.1, 0.15) is 37.7 Å². The summed E-state index contributed by atoms with van der Waals surface area (Å²) in [6.45, 7) is 0. The molecule has 1 saturated carbocycles. The van der Waals surface area contributed by atoms with E-state index in [0.29, 0.717) is 5.56 Å². The van der Waals surface area contributed by atoms with Gasteiger partial charge in [0.15, 0.2) is 0 Å². The molecule has 2 nitrogen and oxygen atoms in total. The van der Waals surface area contributed by atoms with Crippen molar-refractivity contribution >= 4 is 0 Å². The second-order valence-electron chi connectivity index (χ2n) is 5.33. The van der Waals surface area contributed by atoms with Crippen molar-refractivity contribution in [3.8, 4) is 0 Å². The van der Waals surface area contributed by atoms with Crippen LogP contribution in [0.5, 0.6) is 0 Å². The standard InChI is InChI=1S/C15H20F2O2/c1-19-15(5-3-2-4-6-15)14(18)9-11-7-12(16)10-13(17)8-11/h7-8,10,14,18H,2-6,9H2,1H3. The first kappa shape index (κ1) is 14.4. The lowest BCUT2D eigenvalue weighted by molar-refractivity contribution is -0.122. The van der Waals surface area contributed by atoms with Crippen molar-refractivity contribution in [2.45, 2.75) is 50.2 Å². The van der Waals surface area contributed by atoms with Crippen LogP contribution >= 0.6 is 0 Å². The molecule has 0 amide bonds. The van der Waals surface area contributed by atoms with Gasteiger partial charge in [-0.1, -0.05) is 19.3 Å². The zero-order valence-electron chi connectivity index (χ0n) is 11.2. The summed E-state index contributed by atoms with van der Waals surface area (Å²) in [5, 5.41) is 10.4. The Bertz CT molecular complexity index is 408. The van der Waals surface area contributed by atoms with Crippen molar-refractivity contribution in [1.82, 2.24) is 0 Å². The predicted molar refractivity (Wildman–Crippen MR) is 68.9 cm³/mol. The molecule has 1 fully saturated rings. The van der Waals surface area contributed by atoms with Crippen LogP contribution in [0.2, 0.25) is 0 Å². The van der Waals surface area contributed by atoms with E-state index in [1.165, 1.54) is 12.1 Å². The highest BCUT2D eigenvalue weighted by Crippen LogP contribution is 2.35. The number of aliphatic hydroxyl groups excluding tert-OH is 1. The Morgan fingerprint density at radius 1 is 1.16 bits per heavy atom. The van der Waals surface area contributed by atoms with Gasteiger partial charge >= 0.3 is 0 Å². The number of benzene rings is 1. The number of rotatable bonds is 4. The van der Waals surface area contributed by atoms with E-state index < -0.39 is 23.3 Å². The van der Waals surface area contributed by atoms with Crippen molar-refractivity contribution < 1.29 is 18.6 Å². The molecule has 0 aliphatic heterocycles. The van der Waals surface area contributed by atoms with Crippen LogP contribution in [0.25, 0.3) is 0 Å². The minimum Gasteiger partial charge on any atom is -0.390 e. The van der Waals surface area contributed by atoms with Crippen molar-refractivity contribution in [1.29, 1.82) is 0 Å². The van der Waals surface area contributed by atoms with E-state index in [4.69, 9.17) is 4.74 Å². The van der Waals surface area contributed by atoms with Crippen LogP contribution in [-0.4, -0.2) is 23.9 Å². The molecule has 1 aromatic carbocycles. The number of hydrogen-bond donors (Lipinski definition) is 1. The van der Waals surface area contributed by atoms with E-state index in [9.17, 15) is 13.9 Å². The molecule has 1 aliphatic rings. The smallest absolute Gasteiger partial charge is 0.126 e. The Balaban J connectivity index is 2.12. The van der Waals surface area contributed by atoms with Gasteiger partial charge in [-0.05, 0) is 30.5 Å². The first-order valence-corrected chi connectivity index (χ1v) is 6.74. The zero-order chi connectivity index (χ0) is 13.9. The Hall–Kier alpha value is -1.00. The SMILES string of the molecule is COC1(C(O)Cc2cc(F)cc(F)c2)CCCCC1. The molecule has 2 rings (SSSR count). The van der Waals surface area contributed by atoms with Crippen LogP contribution in [0.3, 0.4) is 0 Å². The third-order valence-electron chi connectivity index (χ3n) is 4.07. The van der Waals surface area contributed by atoms with E-state index in [1.807, 2.05) is 0 Å². The number of ether oxygens (including phenoxy) is 1. The van der Waals surface area contributed by atoms with Gasteiger partial charge in [-0.2, -0.15) is 0 Å². The molecule has 0 radical (unpaired) electrons. The van der Waals surface area contributed by atoms with Gasteiger partial charge in [-0.15, -0.1) is 0 Å². The molecule has 0 bridgehead atoms. The van der Waals surface area contributed by atoms with Crippen LogP contribution in [-0.2, 0) is 11.2 Å². The molecule has 0 heterocycles. The lowest BCUT2D eigenvalue weighted by Crippen LogP contribution is -2.46. The Morgan fingerprint density at radius 3 is 2.26 bits per heavy atom. The van der Waals surface area contributed by atoms with Crippen molar-refractivity contribution in [2.75, 3.05) is 7.11 Å². The van der Waals surface area contributed by atoms with E-state index in [0.717, 1.165) is 38.2 Å². The molecule has 0 saturated heterocycles. The molecule has 1 unspecified atom stereocenters. The molecule has 1 aliphatic carbocycles. The molecular formula is C15H20F2O2. The third-order valence-corrected chi connectivity index (χ3v) is 4.07. The number of methoxy groups -OCH3 is 1. The van der Waals surface area contributed by atoms with Gasteiger partial charge in [0.1, 0.15) is 11.6 Å². The zero-order valence-corrected chi connectivity index (χ0v) is 11.2. The summed E-state index contributed by atoms with van der Waals surface area (Å²) < 4.78 is 31.8. The summed E-state index contributed by atoms with van der Waals surface area (Å²) in [7, 11) is 1.60. The van der Waals surface area contributed by atoms with Crippen LogP contribution in [0.4, 0.5) is 8.78 Å². The van der Waals surface area contributed by atoms with Crippen LogP contribution < -0.4 is 0 Å². The third kappa shape index (κ3) is 3.31. The Kier molecular flexibility index (Phi) is 4.53. The average Bonchev–Trinajstić information content (AvgIpc) is 2.38. The summed E-state index contributed by atoms with van der Waals surface area (Å²) in [5.41, 5.74) is -0.104. The van der Waals surface area contributed by atoms with Gasteiger partial charge in [0.25, 0.3) is 0 Å². The lowest BCUT2D eigenvalue weighted by Gasteiger charge is -2.40.